The molecule has 0 radical (unpaired) electrons. The van der Waals surface area contributed by atoms with Gasteiger partial charge in [-0.25, -0.2) is 18.1 Å². The summed E-state index contributed by atoms with van der Waals surface area (Å²) in [6, 6.07) is 10.3. The average molecular weight is 537 g/mol. The zero-order valence-electron chi connectivity index (χ0n) is 21.6. The number of hydrogen-bond acceptors (Lipinski definition) is 9. The molecule has 0 bridgehead atoms. The largest absolute Gasteiger partial charge is 0.493 e. The summed E-state index contributed by atoms with van der Waals surface area (Å²) < 4.78 is 36.2. The van der Waals surface area contributed by atoms with E-state index in [1.807, 2.05) is 17.0 Å². The number of aromatic nitrogens is 4. The third kappa shape index (κ3) is 4.86. The standard InChI is InChI=1S/C26H28N6O5S/c1-17(33)30-9-11-31(12-10-30)25-21-13-23(36-2)24(37-3)14-22(21)28-26(29-25)32-16-19(15-27-32)18-5-7-20(8-6-18)38(4,34)35/h5-8,13-16H,9-12H2,1-4H3. The van der Waals surface area contributed by atoms with E-state index in [4.69, 9.17) is 19.4 Å². The summed E-state index contributed by atoms with van der Waals surface area (Å²) in [5.41, 5.74) is 2.26. The minimum Gasteiger partial charge on any atom is -0.493 e. The molecule has 0 atom stereocenters. The van der Waals surface area contributed by atoms with Crippen molar-refractivity contribution in [2.75, 3.05) is 51.6 Å². The van der Waals surface area contributed by atoms with E-state index in [-0.39, 0.29) is 10.8 Å². The highest BCUT2D eigenvalue weighted by molar-refractivity contribution is 7.90. The van der Waals surface area contributed by atoms with Gasteiger partial charge in [-0.1, -0.05) is 12.1 Å². The fraction of sp³-hybridized carbons (Fsp3) is 0.308. The average Bonchev–Trinajstić information content (AvgIpc) is 3.42. The molecule has 0 unspecified atom stereocenters. The summed E-state index contributed by atoms with van der Waals surface area (Å²) in [5, 5.41) is 5.28. The van der Waals surface area contributed by atoms with Crippen LogP contribution in [0.4, 0.5) is 5.82 Å². The number of methoxy groups -OCH3 is 2. The first-order chi connectivity index (χ1) is 18.2. The number of ether oxygens (including phenoxy) is 2. The van der Waals surface area contributed by atoms with Crippen LogP contribution in [0.3, 0.4) is 0 Å². The Balaban J connectivity index is 1.57. The van der Waals surface area contributed by atoms with Crippen molar-refractivity contribution in [1.82, 2.24) is 24.6 Å². The van der Waals surface area contributed by atoms with Crippen LogP contribution in [0.2, 0.25) is 0 Å². The molecular weight excluding hydrogens is 508 g/mol. The van der Waals surface area contributed by atoms with Gasteiger partial charge in [0, 0.05) is 62.6 Å². The molecule has 2 aromatic heterocycles. The van der Waals surface area contributed by atoms with E-state index in [9.17, 15) is 13.2 Å². The Morgan fingerprint density at radius 1 is 0.921 bits per heavy atom. The Bertz CT molecular complexity index is 1610. The maximum Gasteiger partial charge on any atom is 0.253 e. The molecule has 38 heavy (non-hydrogen) atoms. The minimum atomic E-state index is -3.28. The molecule has 2 aromatic carbocycles. The summed E-state index contributed by atoms with van der Waals surface area (Å²) in [6.07, 6.45) is 4.66. The van der Waals surface area contributed by atoms with Crippen molar-refractivity contribution in [3.8, 4) is 28.6 Å². The zero-order valence-corrected chi connectivity index (χ0v) is 22.4. The SMILES string of the molecule is COc1cc2nc(-n3cc(-c4ccc(S(C)(=O)=O)cc4)cn3)nc(N3CCN(C(C)=O)CC3)c2cc1OC. The molecule has 12 heteroatoms. The molecule has 1 saturated heterocycles. The third-order valence-electron chi connectivity index (χ3n) is 6.60. The summed E-state index contributed by atoms with van der Waals surface area (Å²) in [7, 11) is -0.128. The summed E-state index contributed by atoms with van der Waals surface area (Å²) in [5.74, 6) is 2.25. The van der Waals surface area contributed by atoms with Gasteiger partial charge in [0.05, 0.1) is 30.8 Å². The molecule has 0 N–H and O–H groups in total. The Kier molecular flexibility index (Phi) is 6.66. The van der Waals surface area contributed by atoms with E-state index in [1.54, 1.807) is 62.5 Å². The highest BCUT2D eigenvalue weighted by Crippen LogP contribution is 2.36. The minimum absolute atomic E-state index is 0.0536. The van der Waals surface area contributed by atoms with E-state index in [2.05, 4.69) is 10.00 Å². The number of anilines is 1. The van der Waals surface area contributed by atoms with Crippen molar-refractivity contribution in [1.29, 1.82) is 0 Å². The lowest BCUT2D eigenvalue weighted by atomic mass is 10.1. The van der Waals surface area contributed by atoms with Crippen molar-refractivity contribution in [2.24, 2.45) is 0 Å². The molecule has 11 nitrogen and oxygen atoms in total. The first-order valence-corrected chi connectivity index (χ1v) is 13.9. The topological polar surface area (TPSA) is 120 Å². The highest BCUT2D eigenvalue weighted by atomic mass is 32.2. The lowest BCUT2D eigenvalue weighted by Crippen LogP contribution is -2.48. The Hall–Kier alpha value is -4.19. The van der Waals surface area contributed by atoms with Crippen LogP contribution in [-0.2, 0) is 14.6 Å². The number of amides is 1. The molecule has 0 saturated carbocycles. The molecule has 3 heterocycles. The number of benzene rings is 2. The number of carbonyl (C=O) groups is 1. The van der Waals surface area contributed by atoms with Crippen molar-refractivity contribution in [3.05, 3.63) is 48.8 Å². The number of sulfone groups is 1. The Labute approximate surface area is 220 Å². The second-order valence-electron chi connectivity index (χ2n) is 9.03. The number of carbonyl (C=O) groups excluding carboxylic acids is 1. The van der Waals surface area contributed by atoms with Crippen LogP contribution in [0, 0.1) is 0 Å². The summed E-state index contributed by atoms with van der Waals surface area (Å²) >= 11 is 0. The van der Waals surface area contributed by atoms with Gasteiger partial charge in [0.25, 0.3) is 5.95 Å². The molecule has 0 spiro atoms. The van der Waals surface area contributed by atoms with Gasteiger partial charge < -0.3 is 19.3 Å². The summed E-state index contributed by atoms with van der Waals surface area (Å²) in [4.78, 5) is 25.7. The van der Waals surface area contributed by atoms with Gasteiger partial charge in [0.2, 0.25) is 5.91 Å². The normalized spacial score (nSPS) is 14.1. The van der Waals surface area contributed by atoms with Crippen LogP contribution < -0.4 is 14.4 Å². The van der Waals surface area contributed by atoms with E-state index in [1.165, 1.54) is 6.26 Å². The maximum atomic E-state index is 11.8. The van der Waals surface area contributed by atoms with Gasteiger partial charge in [0.15, 0.2) is 21.3 Å². The molecule has 198 valence electrons. The fourth-order valence-corrected chi connectivity index (χ4v) is 5.11. The van der Waals surface area contributed by atoms with Gasteiger partial charge in [-0.05, 0) is 23.8 Å². The number of rotatable bonds is 6. The van der Waals surface area contributed by atoms with Gasteiger partial charge >= 0.3 is 0 Å². The van der Waals surface area contributed by atoms with Gasteiger partial charge in [-0.15, -0.1) is 0 Å². The van der Waals surface area contributed by atoms with Gasteiger partial charge in [-0.3, -0.25) is 4.79 Å². The smallest absolute Gasteiger partial charge is 0.253 e. The van der Waals surface area contributed by atoms with Crippen molar-refractivity contribution in [2.45, 2.75) is 11.8 Å². The van der Waals surface area contributed by atoms with E-state index in [0.29, 0.717) is 55.0 Å². The fourth-order valence-electron chi connectivity index (χ4n) is 4.48. The van der Waals surface area contributed by atoms with Gasteiger partial charge in [-0.2, -0.15) is 10.1 Å². The zero-order chi connectivity index (χ0) is 27.0. The predicted molar refractivity (Wildman–Crippen MR) is 143 cm³/mol. The van der Waals surface area contributed by atoms with Crippen molar-refractivity contribution >= 4 is 32.5 Å². The van der Waals surface area contributed by atoms with Crippen molar-refractivity contribution < 1.29 is 22.7 Å². The second-order valence-corrected chi connectivity index (χ2v) is 11.1. The van der Waals surface area contributed by atoms with Crippen LogP contribution in [0.1, 0.15) is 6.92 Å². The van der Waals surface area contributed by atoms with Crippen LogP contribution in [0.15, 0.2) is 53.7 Å². The van der Waals surface area contributed by atoms with E-state index >= 15 is 0 Å². The van der Waals surface area contributed by atoms with Gasteiger partial charge in [0.1, 0.15) is 5.82 Å². The first-order valence-electron chi connectivity index (χ1n) is 12.0. The lowest BCUT2D eigenvalue weighted by Gasteiger charge is -2.35. The molecule has 1 aliphatic heterocycles. The molecular formula is C26H28N6O5S. The van der Waals surface area contributed by atoms with Crippen molar-refractivity contribution in [3.63, 3.8) is 0 Å². The van der Waals surface area contributed by atoms with Crippen LogP contribution >= 0.6 is 0 Å². The van der Waals surface area contributed by atoms with Crippen LogP contribution in [0.25, 0.3) is 28.0 Å². The number of fused-ring (bicyclic) bond motifs is 1. The predicted octanol–water partition coefficient (Wildman–Crippen LogP) is 2.57. The highest BCUT2D eigenvalue weighted by Gasteiger charge is 2.24. The molecule has 1 fully saturated rings. The lowest BCUT2D eigenvalue weighted by molar-refractivity contribution is -0.129. The number of piperazine rings is 1. The Morgan fingerprint density at radius 2 is 1.58 bits per heavy atom. The van der Waals surface area contributed by atoms with Crippen LogP contribution in [0.5, 0.6) is 11.5 Å². The number of nitrogens with zero attached hydrogens (tertiary/aromatic N) is 6. The van der Waals surface area contributed by atoms with Crippen LogP contribution in [-0.4, -0.2) is 85.6 Å². The quantitative estimate of drug-likeness (QED) is 0.366. The van der Waals surface area contributed by atoms with E-state index in [0.717, 1.165) is 16.5 Å². The molecule has 0 aliphatic carbocycles. The second kappa shape index (κ2) is 9.93. The monoisotopic (exact) mass is 536 g/mol. The third-order valence-corrected chi connectivity index (χ3v) is 7.73. The first kappa shape index (κ1) is 25.5. The molecule has 5 rings (SSSR count). The maximum absolute atomic E-state index is 11.8. The number of hydrogen-bond donors (Lipinski definition) is 0. The summed E-state index contributed by atoms with van der Waals surface area (Å²) in [6.45, 7) is 4.01. The molecule has 4 aromatic rings. The molecule has 1 amide bonds. The Morgan fingerprint density at radius 3 is 2.18 bits per heavy atom. The van der Waals surface area contributed by atoms with E-state index < -0.39 is 9.84 Å². The molecule has 1 aliphatic rings.